The normalized spacial score (nSPS) is 36.5. The molecule has 78 valence electrons. The Morgan fingerprint density at radius 1 is 1.62 bits per heavy atom. The Hall–Kier alpha value is -0.0800. The second kappa shape index (κ2) is 4.43. The molecule has 3 unspecified atom stereocenters. The molecular formula is C11H24N2. The summed E-state index contributed by atoms with van der Waals surface area (Å²) in [5.41, 5.74) is 6.13. The van der Waals surface area contributed by atoms with Gasteiger partial charge in [-0.1, -0.05) is 13.8 Å². The van der Waals surface area contributed by atoms with Gasteiger partial charge in [0.15, 0.2) is 0 Å². The van der Waals surface area contributed by atoms with Crippen molar-refractivity contribution in [3.05, 3.63) is 0 Å². The fourth-order valence-corrected chi connectivity index (χ4v) is 2.39. The summed E-state index contributed by atoms with van der Waals surface area (Å²) in [7, 11) is 0. The van der Waals surface area contributed by atoms with Crippen molar-refractivity contribution in [1.82, 2.24) is 5.32 Å². The number of rotatable bonds is 4. The van der Waals surface area contributed by atoms with Gasteiger partial charge in [0.05, 0.1) is 0 Å². The van der Waals surface area contributed by atoms with Gasteiger partial charge >= 0.3 is 0 Å². The Morgan fingerprint density at radius 3 is 2.69 bits per heavy atom. The summed E-state index contributed by atoms with van der Waals surface area (Å²) in [5.74, 6) is 0.847. The van der Waals surface area contributed by atoms with Gasteiger partial charge in [0.2, 0.25) is 0 Å². The fourth-order valence-electron chi connectivity index (χ4n) is 2.39. The molecule has 1 rings (SSSR count). The first-order chi connectivity index (χ1) is 6.12. The number of hydrogen-bond donors (Lipinski definition) is 2. The smallest absolute Gasteiger partial charge is 0.0308 e. The molecule has 0 aromatic heterocycles. The predicted molar refractivity (Wildman–Crippen MR) is 57.7 cm³/mol. The minimum absolute atomic E-state index is 0.259. The van der Waals surface area contributed by atoms with Gasteiger partial charge < -0.3 is 11.1 Å². The molecule has 0 heterocycles. The van der Waals surface area contributed by atoms with E-state index in [1.807, 2.05) is 0 Å². The molecular weight excluding hydrogens is 160 g/mol. The summed E-state index contributed by atoms with van der Waals surface area (Å²) in [6.07, 6.45) is 5.04. The topological polar surface area (TPSA) is 38.0 Å². The quantitative estimate of drug-likeness (QED) is 0.700. The van der Waals surface area contributed by atoms with E-state index >= 15 is 0 Å². The lowest BCUT2D eigenvalue weighted by molar-refractivity contribution is 0.293. The Kier molecular flexibility index (Phi) is 3.74. The van der Waals surface area contributed by atoms with Crippen LogP contribution in [0.4, 0.5) is 0 Å². The molecule has 3 N–H and O–H groups in total. The van der Waals surface area contributed by atoms with Crippen molar-refractivity contribution in [2.24, 2.45) is 11.7 Å². The van der Waals surface area contributed by atoms with Crippen molar-refractivity contribution in [2.75, 3.05) is 6.54 Å². The lowest BCUT2D eigenvalue weighted by Gasteiger charge is -2.32. The first-order valence-corrected chi connectivity index (χ1v) is 5.59. The minimum Gasteiger partial charge on any atom is -0.329 e. The standard InChI is InChI=1S/C11H24N2/c1-4-10(3)13-11(8-12)6-5-9(2)7-11/h9-10,13H,4-8,12H2,1-3H3. The van der Waals surface area contributed by atoms with Crippen LogP contribution in [0.2, 0.25) is 0 Å². The first-order valence-electron chi connectivity index (χ1n) is 5.59. The minimum atomic E-state index is 0.259. The molecule has 3 atom stereocenters. The molecule has 0 aliphatic heterocycles. The number of hydrogen-bond acceptors (Lipinski definition) is 2. The molecule has 13 heavy (non-hydrogen) atoms. The largest absolute Gasteiger partial charge is 0.329 e. The summed E-state index contributed by atoms with van der Waals surface area (Å²) in [4.78, 5) is 0. The molecule has 1 aliphatic rings. The first kappa shape index (κ1) is 11.0. The molecule has 0 aromatic rings. The van der Waals surface area contributed by atoms with E-state index in [9.17, 15) is 0 Å². The maximum Gasteiger partial charge on any atom is 0.0308 e. The van der Waals surface area contributed by atoms with Crippen LogP contribution < -0.4 is 11.1 Å². The fraction of sp³-hybridized carbons (Fsp3) is 1.00. The third-order valence-corrected chi connectivity index (χ3v) is 3.41. The summed E-state index contributed by atoms with van der Waals surface area (Å²) in [6.45, 7) is 7.60. The lowest BCUT2D eigenvalue weighted by atomic mass is 9.95. The van der Waals surface area contributed by atoms with E-state index in [0.29, 0.717) is 6.04 Å². The summed E-state index contributed by atoms with van der Waals surface area (Å²) in [5, 5.41) is 3.70. The average Bonchev–Trinajstić information content (AvgIpc) is 2.48. The van der Waals surface area contributed by atoms with Gasteiger partial charge in [-0.3, -0.25) is 0 Å². The van der Waals surface area contributed by atoms with Crippen molar-refractivity contribution in [3.63, 3.8) is 0 Å². The number of nitrogens with one attached hydrogen (secondary N) is 1. The highest BCUT2D eigenvalue weighted by molar-refractivity contribution is 4.97. The van der Waals surface area contributed by atoms with Crippen LogP contribution >= 0.6 is 0 Å². The van der Waals surface area contributed by atoms with E-state index in [-0.39, 0.29) is 5.54 Å². The van der Waals surface area contributed by atoms with Crippen LogP contribution in [-0.4, -0.2) is 18.1 Å². The Bertz CT molecular complexity index is 158. The third kappa shape index (κ3) is 2.68. The molecule has 0 radical (unpaired) electrons. The lowest BCUT2D eigenvalue weighted by Crippen LogP contribution is -2.52. The van der Waals surface area contributed by atoms with Gasteiger partial charge in [-0.05, 0) is 38.5 Å². The van der Waals surface area contributed by atoms with Crippen LogP contribution in [0.3, 0.4) is 0 Å². The molecule has 0 spiro atoms. The molecule has 0 bridgehead atoms. The highest BCUT2D eigenvalue weighted by Gasteiger charge is 2.36. The monoisotopic (exact) mass is 184 g/mol. The van der Waals surface area contributed by atoms with Gasteiger partial charge in [-0.15, -0.1) is 0 Å². The number of nitrogens with two attached hydrogens (primary N) is 1. The zero-order valence-electron chi connectivity index (χ0n) is 9.27. The maximum absolute atomic E-state index is 5.87. The van der Waals surface area contributed by atoms with Gasteiger partial charge in [0.25, 0.3) is 0 Å². The summed E-state index contributed by atoms with van der Waals surface area (Å²) in [6, 6.07) is 0.605. The van der Waals surface area contributed by atoms with E-state index < -0.39 is 0 Å². The second-order valence-corrected chi connectivity index (χ2v) is 4.79. The molecule has 2 heteroatoms. The molecule has 0 amide bonds. The molecule has 1 saturated carbocycles. The van der Waals surface area contributed by atoms with Crippen LogP contribution in [-0.2, 0) is 0 Å². The van der Waals surface area contributed by atoms with Crippen molar-refractivity contribution in [3.8, 4) is 0 Å². The van der Waals surface area contributed by atoms with Crippen LogP contribution in [0.1, 0.15) is 46.5 Å². The Labute approximate surface area is 82.3 Å². The Morgan fingerprint density at radius 2 is 2.31 bits per heavy atom. The molecule has 2 nitrogen and oxygen atoms in total. The molecule has 1 aliphatic carbocycles. The molecule has 0 aromatic carbocycles. The second-order valence-electron chi connectivity index (χ2n) is 4.79. The van der Waals surface area contributed by atoms with Crippen molar-refractivity contribution in [1.29, 1.82) is 0 Å². The van der Waals surface area contributed by atoms with Crippen LogP contribution in [0.15, 0.2) is 0 Å². The van der Waals surface area contributed by atoms with Gasteiger partial charge in [-0.25, -0.2) is 0 Å². The zero-order valence-corrected chi connectivity index (χ0v) is 9.27. The summed E-state index contributed by atoms with van der Waals surface area (Å²) >= 11 is 0. The van der Waals surface area contributed by atoms with Gasteiger partial charge in [0, 0.05) is 18.1 Å². The van der Waals surface area contributed by atoms with E-state index in [1.165, 1.54) is 25.7 Å². The third-order valence-electron chi connectivity index (χ3n) is 3.41. The van der Waals surface area contributed by atoms with Crippen molar-refractivity contribution in [2.45, 2.75) is 58.0 Å². The van der Waals surface area contributed by atoms with Crippen LogP contribution in [0, 0.1) is 5.92 Å². The molecule has 1 fully saturated rings. The van der Waals surface area contributed by atoms with Crippen molar-refractivity contribution >= 4 is 0 Å². The van der Waals surface area contributed by atoms with E-state index in [4.69, 9.17) is 5.73 Å². The molecule has 0 saturated heterocycles. The van der Waals surface area contributed by atoms with Gasteiger partial charge in [-0.2, -0.15) is 0 Å². The van der Waals surface area contributed by atoms with Gasteiger partial charge in [0.1, 0.15) is 0 Å². The van der Waals surface area contributed by atoms with Crippen LogP contribution in [0.5, 0.6) is 0 Å². The zero-order chi connectivity index (χ0) is 9.90. The van der Waals surface area contributed by atoms with E-state index in [1.54, 1.807) is 0 Å². The maximum atomic E-state index is 5.87. The summed E-state index contributed by atoms with van der Waals surface area (Å²) < 4.78 is 0. The van der Waals surface area contributed by atoms with E-state index in [0.717, 1.165) is 12.5 Å². The van der Waals surface area contributed by atoms with E-state index in [2.05, 4.69) is 26.1 Å². The predicted octanol–water partition coefficient (Wildman–Crippen LogP) is 1.89. The SMILES string of the molecule is CCC(C)NC1(CN)CCC(C)C1. The van der Waals surface area contributed by atoms with Crippen molar-refractivity contribution < 1.29 is 0 Å². The highest BCUT2D eigenvalue weighted by atomic mass is 15.0. The highest BCUT2D eigenvalue weighted by Crippen LogP contribution is 2.33. The Balaban J connectivity index is 2.50. The van der Waals surface area contributed by atoms with Crippen LogP contribution in [0.25, 0.3) is 0 Å². The average molecular weight is 184 g/mol.